The molecule has 0 spiro atoms. The van der Waals surface area contributed by atoms with Crippen molar-refractivity contribution in [2.45, 2.75) is 26.0 Å². The van der Waals surface area contributed by atoms with Crippen LogP contribution in [0, 0.1) is 5.92 Å². The summed E-state index contributed by atoms with van der Waals surface area (Å²) in [6.07, 6.45) is 1.58. The summed E-state index contributed by atoms with van der Waals surface area (Å²) in [6, 6.07) is 22.4. The lowest BCUT2D eigenvalue weighted by Gasteiger charge is -2.30. The predicted octanol–water partition coefficient (Wildman–Crippen LogP) is 4.87. The molecule has 1 aliphatic rings. The van der Waals surface area contributed by atoms with Crippen molar-refractivity contribution in [1.82, 2.24) is 4.90 Å². The topological polar surface area (TPSA) is 84.7 Å². The molecule has 1 saturated heterocycles. The summed E-state index contributed by atoms with van der Waals surface area (Å²) in [4.78, 5) is 26.7. The van der Waals surface area contributed by atoms with Gasteiger partial charge in [-0.2, -0.15) is 0 Å². The number of rotatable bonds is 8. The van der Waals surface area contributed by atoms with E-state index in [0.717, 1.165) is 49.3 Å². The number of halogens is 1. The lowest BCUT2D eigenvalue weighted by Crippen LogP contribution is -2.38. The number of nitrogens with one attached hydrogen (secondary N) is 1. The molecule has 3 aromatic carbocycles. The number of carbonyl (C=O) groups is 2. The number of anilines is 1. The zero-order valence-electron chi connectivity index (χ0n) is 18.9. The Morgan fingerprint density at radius 1 is 1.00 bits per heavy atom. The molecule has 1 heterocycles. The molecule has 0 aliphatic carbocycles. The average Bonchev–Trinajstić information content (AvgIpc) is 2.84. The fourth-order valence-corrected chi connectivity index (χ4v) is 4.32. The second-order valence-corrected chi connectivity index (χ2v) is 8.89. The van der Waals surface area contributed by atoms with Crippen molar-refractivity contribution in [2.24, 2.45) is 11.7 Å². The van der Waals surface area contributed by atoms with Crippen LogP contribution < -0.4 is 15.8 Å². The van der Waals surface area contributed by atoms with Gasteiger partial charge in [0, 0.05) is 28.7 Å². The molecule has 4 rings (SSSR count). The Bertz CT molecular complexity index is 1160. The zero-order chi connectivity index (χ0) is 23.9. The third-order valence-electron chi connectivity index (χ3n) is 6.05. The van der Waals surface area contributed by atoms with E-state index in [0.29, 0.717) is 16.3 Å². The number of ether oxygens (including phenoxy) is 1. The minimum Gasteiger partial charge on any atom is -0.488 e. The first-order valence-corrected chi connectivity index (χ1v) is 11.7. The average molecular weight is 478 g/mol. The second kappa shape index (κ2) is 11.2. The molecule has 0 unspecified atom stereocenters. The molecule has 176 valence electrons. The van der Waals surface area contributed by atoms with Crippen LogP contribution in [0.25, 0.3) is 0 Å². The SMILES string of the molecule is NC(=O)C1CCN(Cc2cccc(NC(=O)c3ccccc3OCc3ccccc3Cl)c2)CC1. The summed E-state index contributed by atoms with van der Waals surface area (Å²) in [5, 5.41) is 3.61. The first kappa shape index (κ1) is 23.8. The molecule has 0 radical (unpaired) electrons. The van der Waals surface area contributed by atoms with Crippen molar-refractivity contribution in [1.29, 1.82) is 0 Å². The smallest absolute Gasteiger partial charge is 0.259 e. The van der Waals surface area contributed by atoms with Gasteiger partial charge < -0.3 is 15.8 Å². The van der Waals surface area contributed by atoms with E-state index in [1.54, 1.807) is 12.1 Å². The number of para-hydroxylation sites is 1. The highest BCUT2D eigenvalue weighted by atomic mass is 35.5. The Balaban J connectivity index is 1.39. The quantitative estimate of drug-likeness (QED) is 0.484. The molecule has 0 aromatic heterocycles. The van der Waals surface area contributed by atoms with Crippen LogP contribution in [0.5, 0.6) is 5.75 Å². The fourth-order valence-electron chi connectivity index (χ4n) is 4.13. The Labute approximate surface area is 204 Å². The minimum absolute atomic E-state index is 0.0259. The van der Waals surface area contributed by atoms with Crippen LogP contribution in [-0.2, 0) is 17.9 Å². The van der Waals surface area contributed by atoms with Gasteiger partial charge >= 0.3 is 0 Å². The minimum atomic E-state index is -0.241. The number of carbonyl (C=O) groups excluding carboxylic acids is 2. The molecular formula is C27H28ClN3O3. The van der Waals surface area contributed by atoms with Crippen molar-refractivity contribution >= 4 is 29.1 Å². The van der Waals surface area contributed by atoms with Crippen LogP contribution in [0.1, 0.15) is 34.3 Å². The van der Waals surface area contributed by atoms with E-state index in [9.17, 15) is 9.59 Å². The maximum atomic E-state index is 13.0. The summed E-state index contributed by atoms with van der Waals surface area (Å²) < 4.78 is 5.93. The van der Waals surface area contributed by atoms with Crippen molar-refractivity contribution in [3.05, 3.63) is 94.5 Å². The molecule has 0 atom stereocenters. The lowest BCUT2D eigenvalue weighted by atomic mass is 9.96. The van der Waals surface area contributed by atoms with E-state index in [2.05, 4.69) is 10.2 Å². The summed E-state index contributed by atoms with van der Waals surface area (Å²) in [6.45, 7) is 2.69. The Morgan fingerprint density at radius 2 is 1.74 bits per heavy atom. The number of nitrogens with zero attached hydrogens (tertiary/aromatic N) is 1. The van der Waals surface area contributed by atoms with Gasteiger partial charge in [0.1, 0.15) is 12.4 Å². The first-order valence-electron chi connectivity index (χ1n) is 11.4. The molecule has 3 aromatic rings. The van der Waals surface area contributed by atoms with E-state index in [-0.39, 0.29) is 24.3 Å². The largest absolute Gasteiger partial charge is 0.488 e. The molecule has 6 nitrogen and oxygen atoms in total. The van der Waals surface area contributed by atoms with Gasteiger partial charge in [-0.15, -0.1) is 0 Å². The van der Waals surface area contributed by atoms with Gasteiger partial charge in [-0.1, -0.05) is 54.1 Å². The molecule has 34 heavy (non-hydrogen) atoms. The summed E-state index contributed by atoms with van der Waals surface area (Å²) in [5.74, 6) is 0.0186. The molecular weight excluding hydrogens is 450 g/mol. The van der Waals surface area contributed by atoms with Crippen molar-refractivity contribution in [2.75, 3.05) is 18.4 Å². The fraction of sp³-hybridized carbons (Fsp3) is 0.259. The normalized spacial score (nSPS) is 14.5. The van der Waals surface area contributed by atoms with Gasteiger partial charge in [-0.05, 0) is 61.8 Å². The maximum Gasteiger partial charge on any atom is 0.259 e. The van der Waals surface area contributed by atoms with Gasteiger partial charge in [0.15, 0.2) is 0 Å². The molecule has 0 saturated carbocycles. The number of amides is 2. The highest BCUT2D eigenvalue weighted by Gasteiger charge is 2.23. The van der Waals surface area contributed by atoms with Crippen LogP contribution in [-0.4, -0.2) is 29.8 Å². The van der Waals surface area contributed by atoms with Gasteiger partial charge in [0.25, 0.3) is 5.91 Å². The van der Waals surface area contributed by atoms with Crippen LogP contribution in [0.3, 0.4) is 0 Å². The number of hydrogen-bond donors (Lipinski definition) is 2. The van der Waals surface area contributed by atoms with Gasteiger partial charge in [0.05, 0.1) is 5.56 Å². The second-order valence-electron chi connectivity index (χ2n) is 8.48. The van der Waals surface area contributed by atoms with Gasteiger partial charge in [-0.25, -0.2) is 0 Å². The molecule has 7 heteroatoms. The van der Waals surface area contributed by atoms with Gasteiger partial charge in [0.2, 0.25) is 5.91 Å². The molecule has 1 fully saturated rings. The lowest BCUT2D eigenvalue weighted by molar-refractivity contribution is -0.123. The monoisotopic (exact) mass is 477 g/mol. The first-order chi connectivity index (χ1) is 16.5. The Morgan fingerprint density at radius 3 is 2.50 bits per heavy atom. The highest BCUT2D eigenvalue weighted by molar-refractivity contribution is 6.31. The Hall–Kier alpha value is -3.35. The number of benzene rings is 3. The van der Waals surface area contributed by atoms with Crippen molar-refractivity contribution < 1.29 is 14.3 Å². The predicted molar refractivity (Wildman–Crippen MR) is 134 cm³/mol. The number of nitrogens with two attached hydrogens (primary N) is 1. The van der Waals surface area contributed by atoms with Crippen LogP contribution in [0.4, 0.5) is 5.69 Å². The van der Waals surface area contributed by atoms with E-state index < -0.39 is 0 Å². The highest BCUT2D eigenvalue weighted by Crippen LogP contribution is 2.24. The van der Waals surface area contributed by atoms with E-state index >= 15 is 0 Å². The standard InChI is InChI=1S/C27H28ClN3O3/c28-24-10-3-1-7-21(24)18-34-25-11-4-2-9-23(25)27(33)30-22-8-5-6-19(16-22)17-31-14-12-20(13-15-31)26(29)32/h1-11,16,20H,12-15,17-18H2,(H2,29,32)(H,30,33). The van der Waals surface area contributed by atoms with Crippen LogP contribution in [0.15, 0.2) is 72.8 Å². The molecule has 3 N–H and O–H groups in total. The van der Waals surface area contributed by atoms with E-state index in [1.807, 2.05) is 60.7 Å². The molecule has 2 amide bonds. The number of primary amides is 1. The number of piperidine rings is 1. The van der Waals surface area contributed by atoms with E-state index in [4.69, 9.17) is 22.1 Å². The zero-order valence-corrected chi connectivity index (χ0v) is 19.6. The van der Waals surface area contributed by atoms with Gasteiger partial charge in [-0.3, -0.25) is 14.5 Å². The summed E-state index contributed by atoms with van der Waals surface area (Å²) in [5.41, 5.74) is 8.55. The summed E-state index contributed by atoms with van der Waals surface area (Å²) >= 11 is 6.22. The molecule has 1 aliphatic heterocycles. The maximum absolute atomic E-state index is 13.0. The van der Waals surface area contributed by atoms with Crippen molar-refractivity contribution in [3.63, 3.8) is 0 Å². The Kier molecular flexibility index (Phi) is 7.83. The van der Waals surface area contributed by atoms with E-state index in [1.165, 1.54) is 0 Å². The number of likely N-dealkylation sites (tertiary alicyclic amines) is 1. The number of hydrogen-bond acceptors (Lipinski definition) is 4. The third kappa shape index (κ3) is 6.16. The third-order valence-corrected chi connectivity index (χ3v) is 6.42. The van der Waals surface area contributed by atoms with Crippen molar-refractivity contribution in [3.8, 4) is 5.75 Å². The summed E-state index contributed by atoms with van der Waals surface area (Å²) in [7, 11) is 0. The molecule has 0 bridgehead atoms. The van der Waals surface area contributed by atoms with Crippen LogP contribution in [0.2, 0.25) is 5.02 Å². The van der Waals surface area contributed by atoms with Crippen LogP contribution >= 0.6 is 11.6 Å².